The van der Waals surface area contributed by atoms with Gasteiger partial charge in [-0.25, -0.2) is 9.37 Å². The number of rotatable bonds is 2. The number of benzene rings is 1. The number of pyridine rings is 1. The molecule has 0 saturated heterocycles. The summed E-state index contributed by atoms with van der Waals surface area (Å²) in [6, 6.07) is 6.58. The van der Waals surface area contributed by atoms with E-state index in [9.17, 15) is 4.39 Å². The second-order valence-corrected chi connectivity index (χ2v) is 4.76. The molecule has 1 heterocycles. The van der Waals surface area contributed by atoms with Crippen LogP contribution < -0.4 is 5.32 Å². The van der Waals surface area contributed by atoms with Crippen LogP contribution in [0.25, 0.3) is 0 Å². The summed E-state index contributed by atoms with van der Waals surface area (Å²) in [7, 11) is 0. The van der Waals surface area contributed by atoms with Crippen LogP contribution in [0.4, 0.5) is 15.9 Å². The maximum atomic E-state index is 13.0. The van der Waals surface area contributed by atoms with Crippen LogP contribution in [-0.4, -0.2) is 4.98 Å². The molecule has 0 aliphatic carbocycles. The Balaban J connectivity index is 2.28. The van der Waals surface area contributed by atoms with Crippen molar-refractivity contribution in [3.63, 3.8) is 0 Å². The van der Waals surface area contributed by atoms with Crippen LogP contribution in [0.3, 0.4) is 0 Å². The first kappa shape index (κ1) is 12.0. The third kappa shape index (κ3) is 2.82. The standard InChI is InChI=1S/C13H12BrFN2/c1-8-6-13(16-7-11(8)14)17-12-4-3-10(15)5-9(12)2/h3-7H,1-2H3,(H,16,17). The molecule has 0 radical (unpaired) electrons. The van der Waals surface area contributed by atoms with E-state index in [4.69, 9.17) is 0 Å². The van der Waals surface area contributed by atoms with Crippen LogP contribution in [0, 0.1) is 19.7 Å². The molecule has 0 unspecified atom stereocenters. The number of anilines is 2. The summed E-state index contributed by atoms with van der Waals surface area (Å²) in [5, 5.41) is 3.17. The predicted molar refractivity (Wildman–Crippen MR) is 71.1 cm³/mol. The zero-order valence-electron chi connectivity index (χ0n) is 9.59. The first-order chi connectivity index (χ1) is 8.06. The molecule has 0 fully saturated rings. The van der Waals surface area contributed by atoms with Crippen LogP contribution in [0.5, 0.6) is 0 Å². The van der Waals surface area contributed by atoms with Crippen molar-refractivity contribution in [2.45, 2.75) is 13.8 Å². The van der Waals surface area contributed by atoms with Crippen molar-refractivity contribution in [1.82, 2.24) is 4.98 Å². The number of nitrogens with zero attached hydrogens (tertiary/aromatic N) is 1. The molecule has 0 spiro atoms. The van der Waals surface area contributed by atoms with Gasteiger partial charge >= 0.3 is 0 Å². The van der Waals surface area contributed by atoms with Crippen molar-refractivity contribution in [3.8, 4) is 0 Å². The van der Waals surface area contributed by atoms with Gasteiger partial charge in [0, 0.05) is 16.4 Å². The summed E-state index contributed by atoms with van der Waals surface area (Å²) < 4.78 is 13.9. The molecular weight excluding hydrogens is 283 g/mol. The van der Waals surface area contributed by atoms with E-state index in [2.05, 4.69) is 26.2 Å². The summed E-state index contributed by atoms with van der Waals surface area (Å²) in [5.41, 5.74) is 2.82. The topological polar surface area (TPSA) is 24.9 Å². The largest absolute Gasteiger partial charge is 0.340 e. The van der Waals surface area contributed by atoms with Crippen molar-refractivity contribution in [2.75, 3.05) is 5.32 Å². The average molecular weight is 295 g/mol. The molecule has 1 aromatic heterocycles. The fourth-order valence-corrected chi connectivity index (χ4v) is 1.73. The SMILES string of the molecule is Cc1cc(Nc2ccc(F)cc2C)ncc1Br. The number of halogens is 2. The van der Waals surface area contributed by atoms with Crippen molar-refractivity contribution in [1.29, 1.82) is 0 Å². The summed E-state index contributed by atoms with van der Waals surface area (Å²) in [4.78, 5) is 4.25. The monoisotopic (exact) mass is 294 g/mol. The molecule has 0 aliphatic rings. The molecule has 2 aromatic rings. The minimum absolute atomic E-state index is 0.229. The third-order valence-electron chi connectivity index (χ3n) is 2.50. The second-order valence-electron chi connectivity index (χ2n) is 3.90. The van der Waals surface area contributed by atoms with Gasteiger partial charge in [0.2, 0.25) is 0 Å². The van der Waals surface area contributed by atoms with Gasteiger partial charge in [0.25, 0.3) is 0 Å². The smallest absolute Gasteiger partial charge is 0.130 e. The Morgan fingerprint density at radius 3 is 2.59 bits per heavy atom. The van der Waals surface area contributed by atoms with E-state index in [1.165, 1.54) is 12.1 Å². The molecule has 88 valence electrons. The van der Waals surface area contributed by atoms with Crippen molar-refractivity contribution in [3.05, 3.63) is 51.9 Å². The first-order valence-corrected chi connectivity index (χ1v) is 6.01. The van der Waals surface area contributed by atoms with Gasteiger partial charge in [-0.1, -0.05) is 0 Å². The lowest BCUT2D eigenvalue weighted by atomic mass is 10.2. The third-order valence-corrected chi connectivity index (χ3v) is 3.33. The van der Waals surface area contributed by atoms with Gasteiger partial charge in [-0.2, -0.15) is 0 Å². The summed E-state index contributed by atoms with van der Waals surface area (Å²) in [6.07, 6.45) is 1.75. The lowest BCUT2D eigenvalue weighted by Crippen LogP contribution is -1.96. The van der Waals surface area contributed by atoms with E-state index in [-0.39, 0.29) is 5.82 Å². The van der Waals surface area contributed by atoms with E-state index in [1.54, 1.807) is 12.3 Å². The molecule has 1 aromatic carbocycles. The van der Waals surface area contributed by atoms with E-state index in [1.807, 2.05) is 19.9 Å². The maximum Gasteiger partial charge on any atom is 0.130 e. The van der Waals surface area contributed by atoms with Gasteiger partial charge in [0.15, 0.2) is 0 Å². The summed E-state index contributed by atoms with van der Waals surface area (Å²) >= 11 is 3.40. The van der Waals surface area contributed by atoms with E-state index in [0.717, 1.165) is 27.1 Å². The lowest BCUT2D eigenvalue weighted by molar-refractivity contribution is 0.627. The normalized spacial score (nSPS) is 10.4. The van der Waals surface area contributed by atoms with Crippen molar-refractivity contribution >= 4 is 27.4 Å². The molecule has 0 aliphatic heterocycles. The Morgan fingerprint density at radius 1 is 1.18 bits per heavy atom. The summed E-state index contributed by atoms with van der Waals surface area (Å²) in [5.74, 6) is 0.522. The van der Waals surface area contributed by atoms with Crippen LogP contribution in [0.15, 0.2) is 34.9 Å². The molecule has 2 rings (SSSR count). The highest BCUT2D eigenvalue weighted by Crippen LogP contribution is 2.22. The maximum absolute atomic E-state index is 13.0. The molecule has 2 nitrogen and oxygen atoms in total. The van der Waals surface area contributed by atoms with Gasteiger partial charge in [-0.3, -0.25) is 0 Å². The predicted octanol–water partition coefficient (Wildman–Crippen LogP) is 4.34. The number of hydrogen-bond donors (Lipinski definition) is 1. The van der Waals surface area contributed by atoms with Crippen molar-refractivity contribution < 1.29 is 4.39 Å². The Morgan fingerprint density at radius 2 is 1.94 bits per heavy atom. The van der Waals surface area contributed by atoms with Crippen LogP contribution in [0.1, 0.15) is 11.1 Å². The van der Waals surface area contributed by atoms with Gasteiger partial charge < -0.3 is 5.32 Å². The van der Waals surface area contributed by atoms with Gasteiger partial charge in [-0.15, -0.1) is 0 Å². The zero-order chi connectivity index (χ0) is 12.4. The van der Waals surface area contributed by atoms with Crippen molar-refractivity contribution in [2.24, 2.45) is 0 Å². The Hall–Kier alpha value is -1.42. The first-order valence-electron chi connectivity index (χ1n) is 5.21. The van der Waals surface area contributed by atoms with E-state index in [0.29, 0.717) is 0 Å². The molecule has 0 saturated carbocycles. The van der Waals surface area contributed by atoms with Crippen LogP contribution in [-0.2, 0) is 0 Å². The number of aromatic nitrogens is 1. The van der Waals surface area contributed by atoms with Crippen LogP contribution >= 0.6 is 15.9 Å². The fourth-order valence-electron chi connectivity index (χ4n) is 1.51. The molecule has 4 heteroatoms. The highest BCUT2D eigenvalue weighted by molar-refractivity contribution is 9.10. The fraction of sp³-hybridized carbons (Fsp3) is 0.154. The molecule has 0 atom stereocenters. The number of nitrogens with one attached hydrogen (secondary N) is 1. The minimum Gasteiger partial charge on any atom is -0.340 e. The average Bonchev–Trinajstić information content (AvgIpc) is 2.27. The Kier molecular flexibility index (Phi) is 3.43. The minimum atomic E-state index is -0.229. The Labute approximate surface area is 108 Å². The van der Waals surface area contributed by atoms with E-state index >= 15 is 0 Å². The molecule has 17 heavy (non-hydrogen) atoms. The molecular formula is C13H12BrFN2. The summed E-state index contributed by atoms with van der Waals surface area (Å²) in [6.45, 7) is 3.85. The number of hydrogen-bond acceptors (Lipinski definition) is 2. The highest BCUT2D eigenvalue weighted by atomic mass is 79.9. The number of aryl methyl sites for hydroxylation is 2. The molecule has 0 amide bonds. The Bertz CT molecular complexity index is 555. The molecule has 1 N–H and O–H groups in total. The lowest BCUT2D eigenvalue weighted by Gasteiger charge is -2.09. The van der Waals surface area contributed by atoms with Gasteiger partial charge in [0.1, 0.15) is 11.6 Å². The second kappa shape index (κ2) is 4.84. The van der Waals surface area contributed by atoms with Gasteiger partial charge in [0.05, 0.1) is 0 Å². The van der Waals surface area contributed by atoms with E-state index < -0.39 is 0 Å². The van der Waals surface area contributed by atoms with Crippen LogP contribution in [0.2, 0.25) is 0 Å². The molecule has 0 bridgehead atoms. The highest BCUT2D eigenvalue weighted by Gasteiger charge is 2.03. The quantitative estimate of drug-likeness (QED) is 0.891. The van der Waals surface area contributed by atoms with Gasteiger partial charge in [-0.05, 0) is 65.2 Å². The zero-order valence-corrected chi connectivity index (χ0v) is 11.2.